The minimum Gasteiger partial charge on any atom is -0.480 e. The molecule has 0 radical (unpaired) electrons. The molecule has 1 saturated heterocycles. The largest absolute Gasteiger partial charge is 0.480 e. The van der Waals surface area contributed by atoms with Gasteiger partial charge < -0.3 is 20.7 Å². The Morgan fingerprint density at radius 1 is 1.14 bits per heavy atom. The number of para-hydroxylation sites is 1. The van der Waals surface area contributed by atoms with Gasteiger partial charge in [-0.15, -0.1) is 0 Å². The highest BCUT2D eigenvalue weighted by Crippen LogP contribution is 2.27. The topological polar surface area (TPSA) is 94.2 Å². The van der Waals surface area contributed by atoms with Gasteiger partial charge in [0.05, 0.1) is 11.6 Å². The maximum absolute atomic E-state index is 12.2. The zero-order valence-electron chi connectivity index (χ0n) is 15.4. The van der Waals surface area contributed by atoms with Crippen molar-refractivity contribution in [2.24, 2.45) is 0 Å². The highest BCUT2D eigenvalue weighted by atomic mass is 16.4. The van der Waals surface area contributed by atoms with Crippen molar-refractivity contribution >= 4 is 22.8 Å². The second-order valence-electron chi connectivity index (χ2n) is 7.20. The standard InChI is InChI=1S/C22H23N3O3/c26-21(18-5-2-11-23-18)25-19(22(27)28)13-14-6-8-15(9-7-14)17-4-1-3-16-10-12-24-20(16)17/h1,3-4,6-10,12,18-19,23-24H,2,5,11,13H2,(H,25,26)(H,27,28)/t18-,19-/m0/s1. The van der Waals surface area contributed by atoms with Crippen LogP contribution in [0.3, 0.4) is 0 Å². The molecule has 28 heavy (non-hydrogen) atoms. The summed E-state index contributed by atoms with van der Waals surface area (Å²) in [6, 6.07) is 14.8. The predicted molar refractivity (Wildman–Crippen MR) is 108 cm³/mol. The fourth-order valence-corrected chi connectivity index (χ4v) is 3.76. The number of benzene rings is 2. The molecule has 144 valence electrons. The molecule has 4 rings (SSSR count). The van der Waals surface area contributed by atoms with Crippen molar-refractivity contribution in [1.29, 1.82) is 0 Å². The van der Waals surface area contributed by atoms with Crippen LogP contribution in [0.5, 0.6) is 0 Å². The number of nitrogens with one attached hydrogen (secondary N) is 3. The number of carboxylic acid groups (broad SMARTS) is 1. The molecule has 6 heteroatoms. The predicted octanol–water partition coefficient (Wildman–Crippen LogP) is 2.70. The Balaban J connectivity index is 1.48. The Morgan fingerprint density at radius 2 is 1.96 bits per heavy atom. The summed E-state index contributed by atoms with van der Waals surface area (Å²) in [5, 5.41) is 16.4. The van der Waals surface area contributed by atoms with Crippen LogP contribution in [0.15, 0.2) is 54.7 Å². The minimum absolute atomic E-state index is 0.236. The number of carbonyl (C=O) groups is 2. The van der Waals surface area contributed by atoms with E-state index in [1.54, 1.807) is 0 Å². The Bertz CT molecular complexity index is 988. The zero-order chi connectivity index (χ0) is 19.5. The first kappa shape index (κ1) is 18.3. The average molecular weight is 377 g/mol. The van der Waals surface area contributed by atoms with E-state index in [-0.39, 0.29) is 18.4 Å². The molecule has 0 saturated carbocycles. The van der Waals surface area contributed by atoms with E-state index in [4.69, 9.17) is 0 Å². The molecule has 1 amide bonds. The molecule has 0 unspecified atom stereocenters. The van der Waals surface area contributed by atoms with Crippen molar-refractivity contribution in [2.45, 2.75) is 31.3 Å². The number of H-pyrrole nitrogens is 1. The van der Waals surface area contributed by atoms with E-state index < -0.39 is 12.0 Å². The van der Waals surface area contributed by atoms with Gasteiger partial charge in [-0.25, -0.2) is 4.79 Å². The lowest BCUT2D eigenvalue weighted by atomic mass is 9.99. The van der Waals surface area contributed by atoms with Gasteiger partial charge in [0.2, 0.25) is 5.91 Å². The van der Waals surface area contributed by atoms with Gasteiger partial charge in [-0.2, -0.15) is 0 Å². The lowest BCUT2D eigenvalue weighted by Crippen LogP contribution is -2.49. The van der Waals surface area contributed by atoms with Crippen LogP contribution in [0, 0.1) is 0 Å². The van der Waals surface area contributed by atoms with Crippen molar-refractivity contribution in [2.75, 3.05) is 6.54 Å². The van der Waals surface area contributed by atoms with Crippen LogP contribution < -0.4 is 10.6 Å². The molecule has 0 spiro atoms. The first-order valence-electron chi connectivity index (χ1n) is 9.54. The molecular weight excluding hydrogens is 354 g/mol. The number of rotatable bonds is 6. The summed E-state index contributed by atoms with van der Waals surface area (Å²) in [6.45, 7) is 0.796. The van der Waals surface area contributed by atoms with E-state index in [9.17, 15) is 14.7 Å². The molecule has 2 aromatic carbocycles. The maximum Gasteiger partial charge on any atom is 0.326 e. The fraction of sp³-hybridized carbons (Fsp3) is 0.273. The van der Waals surface area contributed by atoms with Crippen LogP contribution >= 0.6 is 0 Å². The van der Waals surface area contributed by atoms with Gasteiger partial charge in [0.1, 0.15) is 6.04 Å². The highest BCUT2D eigenvalue weighted by Gasteiger charge is 2.27. The van der Waals surface area contributed by atoms with E-state index in [0.717, 1.165) is 47.0 Å². The molecule has 1 fully saturated rings. The summed E-state index contributed by atoms with van der Waals surface area (Å²) in [4.78, 5) is 27.1. The number of amides is 1. The third kappa shape index (κ3) is 3.77. The maximum atomic E-state index is 12.2. The van der Waals surface area contributed by atoms with Gasteiger partial charge in [0.25, 0.3) is 0 Å². The lowest BCUT2D eigenvalue weighted by Gasteiger charge is -2.18. The Morgan fingerprint density at radius 3 is 2.68 bits per heavy atom. The number of carbonyl (C=O) groups excluding carboxylic acids is 1. The smallest absolute Gasteiger partial charge is 0.326 e. The number of aromatic nitrogens is 1. The summed E-state index contributed by atoms with van der Waals surface area (Å²) < 4.78 is 0. The summed E-state index contributed by atoms with van der Waals surface area (Å²) in [7, 11) is 0. The van der Waals surface area contributed by atoms with Gasteiger partial charge in [-0.1, -0.05) is 42.5 Å². The molecule has 0 bridgehead atoms. The number of carboxylic acids is 1. The zero-order valence-corrected chi connectivity index (χ0v) is 15.4. The SMILES string of the molecule is O=C(O)[C@H](Cc1ccc(-c2cccc3cc[nH]c23)cc1)NC(=O)[C@@H]1CCCN1. The number of hydrogen-bond acceptors (Lipinski definition) is 3. The van der Waals surface area contributed by atoms with E-state index in [1.165, 1.54) is 0 Å². The van der Waals surface area contributed by atoms with Crippen molar-refractivity contribution in [1.82, 2.24) is 15.6 Å². The van der Waals surface area contributed by atoms with Crippen molar-refractivity contribution < 1.29 is 14.7 Å². The molecule has 4 N–H and O–H groups in total. The first-order valence-corrected chi connectivity index (χ1v) is 9.54. The van der Waals surface area contributed by atoms with Gasteiger partial charge in [0.15, 0.2) is 0 Å². The van der Waals surface area contributed by atoms with Crippen LogP contribution in [-0.2, 0) is 16.0 Å². The normalized spacial score (nSPS) is 17.5. The minimum atomic E-state index is -1.02. The lowest BCUT2D eigenvalue weighted by molar-refractivity contribution is -0.142. The molecule has 2 heterocycles. The third-order valence-corrected chi connectivity index (χ3v) is 5.28. The second kappa shape index (κ2) is 7.86. The average Bonchev–Trinajstić information content (AvgIpc) is 3.39. The number of aliphatic carboxylic acids is 1. The summed E-state index contributed by atoms with van der Waals surface area (Å²) in [5.74, 6) is -1.26. The van der Waals surface area contributed by atoms with Crippen molar-refractivity contribution in [3.05, 3.63) is 60.3 Å². The molecule has 1 aliphatic heterocycles. The monoisotopic (exact) mass is 377 g/mol. The van der Waals surface area contributed by atoms with Crippen LogP contribution in [-0.4, -0.2) is 40.6 Å². The van der Waals surface area contributed by atoms with Crippen LogP contribution in [0.4, 0.5) is 0 Å². The Labute approximate surface area is 163 Å². The summed E-state index contributed by atoms with van der Waals surface area (Å²) >= 11 is 0. The molecule has 3 aromatic rings. The van der Waals surface area contributed by atoms with E-state index in [0.29, 0.717) is 0 Å². The molecule has 2 atom stereocenters. The highest BCUT2D eigenvalue weighted by molar-refractivity contribution is 5.94. The number of hydrogen-bond donors (Lipinski definition) is 4. The Kier molecular flexibility index (Phi) is 5.12. The number of aromatic amines is 1. The first-order chi connectivity index (χ1) is 13.6. The molecular formula is C22H23N3O3. The third-order valence-electron chi connectivity index (χ3n) is 5.28. The van der Waals surface area contributed by atoms with Crippen molar-refractivity contribution in [3.63, 3.8) is 0 Å². The van der Waals surface area contributed by atoms with Gasteiger partial charge in [0, 0.05) is 18.2 Å². The molecule has 0 aliphatic carbocycles. The molecule has 1 aliphatic rings. The summed E-state index contributed by atoms with van der Waals surface area (Å²) in [5.41, 5.74) is 4.11. The van der Waals surface area contributed by atoms with Crippen LogP contribution in [0.2, 0.25) is 0 Å². The van der Waals surface area contributed by atoms with Crippen LogP contribution in [0.1, 0.15) is 18.4 Å². The van der Waals surface area contributed by atoms with E-state index in [2.05, 4.69) is 27.8 Å². The van der Waals surface area contributed by atoms with Crippen LogP contribution in [0.25, 0.3) is 22.0 Å². The Hall–Kier alpha value is -3.12. The van der Waals surface area contributed by atoms with Crippen molar-refractivity contribution in [3.8, 4) is 11.1 Å². The van der Waals surface area contributed by atoms with Gasteiger partial charge in [-0.05, 0) is 42.0 Å². The second-order valence-corrected chi connectivity index (χ2v) is 7.20. The number of fused-ring (bicyclic) bond motifs is 1. The van der Waals surface area contributed by atoms with E-state index in [1.807, 2.05) is 42.6 Å². The quantitative estimate of drug-likeness (QED) is 0.531. The van der Waals surface area contributed by atoms with Gasteiger partial charge in [-0.3, -0.25) is 4.79 Å². The fourth-order valence-electron chi connectivity index (χ4n) is 3.76. The summed E-state index contributed by atoms with van der Waals surface area (Å²) in [6.07, 6.45) is 3.85. The van der Waals surface area contributed by atoms with Gasteiger partial charge >= 0.3 is 5.97 Å². The molecule has 1 aromatic heterocycles. The van der Waals surface area contributed by atoms with E-state index >= 15 is 0 Å². The molecule has 6 nitrogen and oxygen atoms in total.